The summed E-state index contributed by atoms with van der Waals surface area (Å²) in [5.41, 5.74) is -0.0550. The van der Waals surface area contributed by atoms with Crippen molar-refractivity contribution in [1.29, 1.82) is 0 Å². The van der Waals surface area contributed by atoms with Gasteiger partial charge in [0, 0.05) is 23.4 Å². The summed E-state index contributed by atoms with van der Waals surface area (Å²) in [5, 5.41) is 10.8. The van der Waals surface area contributed by atoms with E-state index in [0.29, 0.717) is 28.8 Å². The first kappa shape index (κ1) is 21.9. The van der Waals surface area contributed by atoms with Crippen molar-refractivity contribution in [2.75, 3.05) is 13.7 Å². The molecule has 0 aliphatic rings. The van der Waals surface area contributed by atoms with Gasteiger partial charge < -0.3 is 19.1 Å². The van der Waals surface area contributed by atoms with Crippen molar-refractivity contribution < 1.29 is 37.3 Å². The Labute approximate surface area is 175 Å². The topological polar surface area (TPSA) is 77.8 Å². The van der Waals surface area contributed by atoms with Crippen LogP contribution in [0.1, 0.15) is 18.1 Å². The fourth-order valence-corrected chi connectivity index (χ4v) is 3.16. The minimum atomic E-state index is -1.33. The molecule has 0 saturated carbocycles. The van der Waals surface area contributed by atoms with E-state index in [9.17, 15) is 27.9 Å². The van der Waals surface area contributed by atoms with Gasteiger partial charge in [-0.15, -0.1) is 0 Å². The number of hydrogen-bond acceptors (Lipinski definition) is 5. The molecule has 3 rings (SSSR count). The van der Waals surface area contributed by atoms with Crippen LogP contribution in [0.25, 0.3) is 16.7 Å². The Balaban J connectivity index is 2.15. The summed E-state index contributed by atoms with van der Waals surface area (Å²) in [4.78, 5) is 23.5. The Morgan fingerprint density at radius 2 is 1.84 bits per heavy atom. The lowest BCUT2D eigenvalue weighted by molar-refractivity contribution is -0.151. The maximum Gasteiger partial charge on any atom is 0.379 e. The number of rotatable bonds is 7. The molecule has 0 saturated heterocycles. The van der Waals surface area contributed by atoms with Crippen LogP contribution in [-0.2, 0) is 20.9 Å². The average molecular weight is 433 g/mol. The first-order valence-corrected chi connectivity index (χ1v) is 9.18. The summed E-state index contributed by atoms with van der Waals surface area (Å²) < 4.78 is 53.2. The molecule has 0 bridgehead atoms. The summed E-state index contributed by atoms with van der Waals surface area (Å²) in [5.74, 6) is -5.98. The van der Waals surface area contributed by atoms with Gasteiger partial charge in [-0.25, -0.2) is 18.0 Å². The van der Waals surface area contributed by atoms with E-state index in [1.54, 1.807) is 18.2 Å². The van der Waals surface area contributed by atoms with Gasteiger partial charge in [0.25, 0.3) is 5.78 Å². The number of ketones is 1. The normalized spacial score (nSPS) is 11.6. The third-order valence-corrected chi connectivity index (χ3v) is 4.58. The lowest BCUT2D eigenvalue weighted by Gasteiger charge is -2.09. The molecule has 3 aromatic rings. The third kappa shape index (κ3) is 4.25. The third-order valence-electron chi connectivity index (χ3n) is 4.58. The summed E-state index contributed by atoms with van der Waals surface area (Å²) in [6.45, 7) is 1.10. The molecule has 0 fully saturated rings. The van der Waals surface area contributed by atoms with Crippen LogP contribution in [0.3, 0.4) is 0 Å². The maximum atomic E-state index is 14.2. The number of hydrogen-bond donors (Lipinski definition) is 1. The highest BCUT2D eigenvalue weighted by atomic mass is 19.2. The van der Waals surface area contributed by atoms with Crippen LogP contribution in [0.2, 0.25) is 0 Å². The zero-order chi connectivity index (χ0) is 22.7. The lowest BCUT2D eigenvalue weighted by Crippen LogP contribution is -2.15. The van der Waals surface area contributed by atoms with E-state index in [-0.39, 0.29) is 12.2 Å². The summed E-state index contributed by atoms with van der Waals surface area (Å²) >= 11 is 0. The molecule has 0 aliphatic heterocycles. The van der Waals surface area contributed by atoms with Crippen LogP contribution in [0.15, 0.2) is 42.6 Å². The van der Waals surface area contributed by atoms with Crippen LogP contribution in [0, 0.1) is 17.5 Å². The highest BCUT2D eigenvalue weighted by Crippen LogP contribution is 2.34. The molecule has 1 N–H and O–H groups in total. The fourth-order valence-electron chi connectivity index (χ4n) is 3.16. The second kappa shape index (κ2) is 8.95. The smallest absolute Gasteiger partial charge is 0.379 e. The Morgan fingerprint density at radius 3 is 2.52 bits per heavy atom. The second-order valence-corrected chi connectivity index (χ2v) is 6.46. The number of aliphatic hydroxyl groups excluding tert-OH is 1. The van der Waals surface area contributed by atoms with Crippen LogP contribution >= 0.6 is 0 Å². The Bertz CT molecular complexity index is 1200. The molecule has 0 atom stereocenters. The SMILES string of the molecule is CCOC(=O)C(=O)C=C(O)c1cn(Cc2c(F)ccc(F)c2F)c2cccc(OC)c12. The van der Waals surface area contributed by atoms with Gasteiger partial charge in [0.05, 0.1) is 31.2 Å². The number of fused-ring (bicyclic) bond motifs is 1. The minimum Gasteiger partial charge on any atom is -0.507 e. The van der Waals surface area contributed by atoms with E-state index >= 15 is 0 Å². The monoisotopic (exact) mass is 433 g/mol. The molecule has 1 heterocycles. The maximum absolute atomic E-state index is 14.2. The van der Waals surface area contributed by atoms with Gasteiger partial charge in [-0.2, -0.15) is 0 Å². The number of benzene rings is 2. The predicted octanol–water partition coefficient (Wildman–Crippen LogP) is 4.15. The molecule has 0 spiro atoms. The number of carbonyl (C=O) groups is 2. The van der Waals surface area contributed by atoms with Crippen molar-refractivity contribution in [3.8, 4) is 5.75 Å². The Hall–Kier alpha value is -3.75. The largest absolute Gasteiger partial charge is 0.507 e. The summed E-state index contributed by atoms with van der Waals surface area (Å²) in [7, 11) is 1.38. The van der Waals surface area contributed by atoms with Crippen molar-refractivity contribution in [2.45, 2.75) is 13.5 Å². The molecule has 0 amide bonds. The highest BCUT2D eigenvalue weighted by molar-refractivity contribution is 6.39. The van der Waals surface area contributed by atoms with E-state index in [4.69, 9.17) is 4.74 Å². The summed E-state index contributed by atoms with van der Waals surface area (Å²) in [6, 6.07) is 6.30. The molecule has 31 heavy (non-hydrogen) atoms. The first-order valence-electron chi connectivity index (χ1n) is 9.18. The zero-order valence-corrected chi connectivity index (χ0v) is 16.6. The van der Waals surface area contributed by atoms with Crippen molar-refractivity contribution >= 4 is 28.4 Å². The highest BCUT2D eigenvalue weighted by Gasteiger charge is 2.21. The average Bonchev–Trinajstić information content (AvgIpc) is 3.13. The van der Waals surface area contributed by atoms with Gasteiger partial charge in [-0.3, -0.25) is 4.79 Å². The lowest BCUT2D eigenvalue weighted by atomic mass is 10.1. The standard InChI is InChI=1S/C22H18F3NO5/c1-3-31-22(29)18(28)9-17(27)13-11-26(16-5-4-6-19(30-2)20(13)16)10-12-14(23)7-8-15(24)21(12)25/h4-9,11,27H,3,10H2,1-2H3. The molecule has 0 radical (unpaired) electrons. The number of ether oxygens (including phenoxy) is 2. The van der Waals surface area contributed by atoms with E-state index in [1.165, 1.54) is 24.8 Å². The molecule has 162 valence electrons. The molecular weight excluding hydrogens is 415 g/mol. The summed E-state index contributed by atoms with van der Waals surface area (Å²) in [6.07, 6.45) is 2.01. The van der Waals surface area contributed by atoms with Gasteiger partial charge >= 0.3 is 5.97 Å². The fraction of sp³-hybridized carbons (Fsp3) is 0.182. The van der Waals surface area contributed by atoms with E-state index in [0.717, 1.165) is 6.07 Å². The number of aromatic nitrogens is 1. The molecule has 1 aromatic heterocycles. The Kier molecular flexibility index (Phi) is 6.33. The second-order valence-electron chi connectivity index (χ2n) is 6.46. The molecule has 6 nitrogen and oxygen atoms in total. The number of carbonyl (C=O) groups excluding carboxylic acids is 2. The first-order chi connectivity index (χ1) is 14.8. The van der Waals surface area contributed by atoms with Crippen molar-refractivity contribution in [2.24, 2.45) is 0 Å². The van der Waals surface area contributed by atoms with E-state index in [1.807, 2.05) is 0 Å². The number of halogens is 3. The molecular formula is C22H18F3NO5. The number of aliphatic hydroxyl groups is 1. The van der Waals surface area contributed by atoms with Crippen molar-refractivity contribution in [3.63, 3.8) is 0 Å². The Morgan fingerprint density at radius 1 is 1.13 bits per heavy atom. The number of esters is 1. The van der Waals surface area contributed by atoms with Gasteiger partial charge in [0.1, 0.15) is 17.3 Å². The predicted molar refractivity (Wildman–Crippen MR) is 106 cm³/mol. The zero-order valence-electron chi connectivity index (χ0n) is 16.6. The van der Waals surface area contributed by atoms with Gasteiger partial charge in [-0.1, -0.05) is 6.07 Å². The van der Waals surface area contributed by atoms with Crippen LogP contribution in [0.4, 0.5) is 13.2 Å². The van der Waals surface area contributed by atoms with Crippen LogP contribution in [-0.4, -0.2) is 35.1 Å². The van der Waals surface area contributed by atoms with E-state index in [2.05, 4.69) is 4.74 Å². The van der Waals surface area contributed by atoms with E-state index < -0.39 is 47.1 Å². The molecule has 2 aromatic carbocycles. The van der Waals surface area contributed by atoms with Crippen LogP contribution < -0.4 is 4.74 Å². The van der Waals surface area contributed by atoms with Gasteiger partial charge in [-0.05, 0) is 31.2 Å². The number of methoxy groups -OCH3 is 1. The number of nitrogens with zero attached hydrogens (tertiary/aromatic N) is 1. The van der Waals surface area contributed by atoms with Crippen LogP contribution in [0.5, 0.6) is 5.75 Å². The quantitative estimate of drug-likeness (QED) is 0.199. The van der Waals surface area contributed by atoms with Gasteiger partial charge in [0.15, 0.2) is 11.6 Å². The van der Waals surface area contributed by atoms with Crippen molar-refractivity contribution in [3.05, 3.63) is 71.2 Å². The molecule has 0 aliphatic carbocycles. The van der Waals surface area contributed by atoms with Crippen molar-refractivity contribution in [1.82, 2.24) is 4.57 Å². The van der Waals surface area contributed by atoms with Gasteiger partial charge in [0.2, 0.25) is 0 Å². The molecule has 9 heteroatoms. The molecule has 0 unspecified atom stereocenters. The minimum absolute atomic E-state index is 0.0168.